The van der Waals surface area contributed by atoms with Gasteiger partial charge in [0.2, 0.25) is 0 Å². The van der Waals surface area contributed by atoms with Crippen molar-refractivity contribution in [3.8, 4) is 28.2 Å². The number of benzene rings is 4. The quantitative estimate of drug-likeness (QED) is 0.281. The van der Waals surface area contributed by atoms with E-state index < -0.39 is 0 Å². The summed E-state index contributed by atoms with van der Waals surface area (Å²) in [5.74, 6) is 1.23. The van der Waals surface area contributed by atoms with Crippen LogP contribution in [0, 0.1) is 20.8 Å². The second-order valence-electron chi connectivity index (χ2n) is 9.07. The lowest BCUT2D eigenvalue weighted by Gasteiger charge is -2.10. The van der Waals surface area contributed by atoms with E-state index >= 15 is 0 Å². The van der Waals surface area contributed by atoms with Crippen LogP contribution in [0.2, 0.25) is 0 Å². The molecule has 32 heavy (non-hydrogen) atoms. The van der Waals surface area contributed by atoms with E-state index in [2.05, 4.69) is 116 Å². The van der Waals surface area contributed by atoms with E-state index in [1.807, 2.05) is 0 Å². The highest BCUT2D eigenvalue weighted by atomic mass is 15.2. The smallest absolute Gasteiger partial charge is 0.225 e. The first kappa shape index (κ1) is 19.1. The lowest BCUT2D eigenvalue weighted by atomic mass is 10.0. The van der Waals surface area contributed by atoms with Crippen LogP contribution in [0.3, 0.4) is 0 Å². The van der Waals surface area contributed by atoms with Crippen LogP contribution in [0.1, 0.15) is 27.8 Å². The molecule has 0 fully saturated rings. The second kappa shape index (κ2) is 6.93. The number of para-hydroxylation sites is 1. The Kier molecular flexibility index (Phi) is 4.13. The topological polar surface area (TPSA) is 8.81 Å². The van der Waals surface area contributed by atoms with Crippen LogP contribution in [-0.2, 0) is 13.5 Å². The highest BCUT2D eigenvalue weighted by molar-refractivity contribution is 5.97. The summed E-state index contributed by atoms with van der Waals surface area (Å²) in [7, 11) is 2.23. The number of hydrogen-bond donors (Lipinski definition) is 0. The zero-order valence-electron chi connectivity index (χ0n) is 19.1. The molecule has 5 aromatic rings. The molecular formula is C30H27N2+. The van der Waals surface area contributed by atoms with Gasteiger partial charge < -0.3 is 0 Å². The number of aryl methyl sites for hydroxylation is 4. The molecular weight excluding hydrogens is 388 g/mol. The molecule has 0 saturated heterocycles. The number of nitrogens with zero attached hydrogens (tertiary/aromatic N) is 2. The number of fused-ring (bicyclic) bond motifs is 5. The fraction of sp³-hybridized carbons (Fsp3) is 0.167. The predicted molar refractivity (Wildman–Crippen MR) is 132 cm³/mol. The molecule has 1 heterocycles. The van der Waals surface area contributed by atoms with Gasteiger partial charge in [-0.15, -0.1) is 0 Å². The van der Waals surface area contributed by atoms with Gasteiger partial charge in [0.1, 0.15) is 5.69 Å². The SMILES string of the molecule is Cc1ccccc1-c1n(-c2c(C)cccc2C)c2ccc3c(c2[n+]1C)-c1ccccc1C3. The number of rotatable bonds is 2. The van der Waals surface area contributed by atoms with E-state index in [0.717, 1.165) is 6.42 Å². The van der Waals surface area contributed by atoms with E-state index in [0.29, 0.717) is 0 Å². The standard InChI is InChI=1S/C30H27N2/c1-19-10-5-7-14-24(19)30-31(4)29-26(32(30)28-20(2)11-9-12-21(28)3)17-16-23-18-22-13-6-8-15-25(22)27(23)29/h5-17H,18H2,1-4H3/q+1. The number of imidazole rings is 1. The van der Waals surface area contributed by atoms with Gasteiger partial charge in [-0.05, 0) is 72.7 Å². The Morgan fingerprint density at radius 2 is 1.31 bits per heavy atom. The number of hydrogen-bond acceptors (Lipinski definition) is 0. The third-order valence-corrected chi connectivity index (χ3v) is 7.07. The molecule has 1 aliphatic rings. The van der Waals surface area contributed by atoms with E-state index in [9.17, 15) is 0 Å². The summed E-state index contributed by atoms with van der Waals surface area (Å²) >= 11 is 0. The fourth-order valence-electron chi connectivity index (χ4n) is 5.59. The predicted octanol–water partition coefficient (Wildman–Crippen LogP) is 6.62. The van der Waals surface area contributed by atoms with Crippen molar-refractivity contribution < 1.29 is 4.57 Å². The minimum atomic E-state index is 1.01. The Bertz CT molecular complexity index is 1510. The molecule has 0 atom stereocenters. The van der Waals surface area contributed by atoms with Crippen molar-refractivity contribution in [3.63, 3.8) is 0 Å². The maximum atomic E-state index is 2.49. The van der Waals surface area contributed by atoms with E-state index in [4.69, 9.17) is 0 Å². The van der Waals surface area contributed by atoms with Gasteiger partial charge in [-0.3, -0.25) is 0 Å². The second-order valence-corrected chi connectivity index (χ2v) is 9.07. The Morgan fingerprint density at radius 3 is 2.06 bits per heavy atom. The molecule has 0 saturated carbocycles. The Labute approximate surface area is 189 Å². The normalized spacial score (nSPS) is 12.2. The average Bonchev–Trinajstić information content (AvgIpc) is 3.30. The molecule has 1 aliphatic carbocycles. The Hall–Kier alpha value is -3.65. The van der Waals surface area contributed by atoms with Crippen molar-refractivity contribution in [2.75, 3.05) is 0 Å². The van der Waals surface area contributed by atoms with Crippen molar-refractivity contribution >= 4 is 11.0 Å². The van der Waals surface area contributed by atoms with Gasteiger partial charge in [-0.1, -0.05) is 66.7 Å². The molecule has 0 unspecified atom stereocenters. The van der Waals surface area contributed by atoms with Crippen LogP contribution in [0.4, 0.5) is 0 Å². The summed E-state index contributed by atoms with van der Waals surface area (Å²) in [6.45, 7) is 6.65. The molecule has 4 aromatic carbocycles. The minimum Gasteiger partial charge on any atom is -0.225 e. The maximum Gasteiger partial charge on any atom is 0.295 e. The molecule has 0 bridgehead atoms. The molecule has 1 aromatic heterocycles. The van der Waals surface area contributed by atoms with E-state index in [-0.39, 0.29) is 0 Å². The first-order chi connectivity index (χ1) is 15.6. The largest absolute Gasteiger partial charge is 0.295 e. The first-order valence-electron chi connectivity index (χ1n) is 11.3. The van der Waals surface area contributed by atoms with E-state index in [1.165, 1.54) is 67.1 Å². The highest BCUT2D eigenvalue weighted by Gasteiger charge is 2.33. The van der Waals surface area contributed by atoms with Gasteiger partial charge in [0.25, 0.3) is 5.82 Å². The summed E-state index contributed by atoms with van der Waals surface area (Å²) in [5, 5.41) is 0. The van der Waals surface area contributed by atoms with Crippen LogP contribution < -0.4 is 4.57 Å². The van der Waals surface area contributed by atoms with Crippen molar-refractivity contribution in [2.24, 2.45) is 7.05 Å². The van der Waals surface area contributed by atoms with Crippen LogP contribution >= 0.6 is 0 Å². The van der Waals surface area contributed by atoms with Crippen LogP contribution in [0.25, 0.3) is 39.2 Å². The van der Waals surface area contributed by atoms with Gasteiger partial charge in [-0.25, -0.2) is 4.57 Å². The van der Waals surface area contributed by atoms with Crippen LogP contribution in [0.15, 0.2) is 78.9 Å². The van der Waals surface area contributed by atoms with Gasteiger partial charge in [0.05, 0.1) is 12.6 Å². The summed E-state index contributed by atoms with van der Waals surface area (Å²) in [5.41, 5.74) is 14.6. The molecule has 0 N–H and O–H groups in total. The van der Waals surface area contributed by atoms with Gasteiger partial charge in [0, 0.05) is 5.56 Å². The lowest BCUT2D eigenvalue weighted by Crippen LogP contribution is -2.31. The molecule has 156 valence electrons. The zero-order chi connectivity index (χ0) is 22.0. The zero-order valence-corrected chi connectivity index (χ0v) is 19.1. The molecule has 6 rings (SSSR count). The Balaban J connectivity index is 1.82. The molecule has 2 heteroatoms. The molecule has 0 spiro atoms. The fourth-order valence-corrected chi connectivity index (χ4v) is 5.59. The van der Waals surface area contributed by atoms with Gasteiger partial charge in [-0.2, -0.15) is 4.57 Å². The third kappa shape index (κ3) is 2.56. The highest BCUT2D eigenvalue weighted by Crippen LogP contribution is 2.42. The average molecular weight is 416 g/mol. The molecule has 2 nitrogen and oxygen atoms in total. The van der Waals surface area contributed by atoms with Crippen molar-refractivity contribution in [2.45, 2.75) is 27.2 Å². The summed E-state index contributed by atoms with van der Waals surface area (Å²) in [6.07, 6.45) is 1.01. The summed E-state index contributed by atoms with van der Waals surface area (Å²) < 4.78 is 4.91. The Morgan fingerprint density at radius 1 is 0.656 bits per heavy atom. The van der Waals surface area contributed by atoms with Crippen molar-refractivity contribution in [3.05, 3.63) is 107 Å². The summed E-state index contributed by atoms with van der Waals surface area (Å²) in [6, 6.07) is 28.9. The van der Waals surface area contributed by atoms with Crippen LogP contribution in [-0.4, -0.2) is 4.57 Å². The third-order valence-electron chi connectivity index (χ3n) is 7.07. The minimum absolute atomic E-state index is 1.01. The molecule has 0 amide bonds. The first-order valence-corrected chi connectivity index (χ1v) is 11.3. The van der Waals surface area contributed by atoms with Gasteiger partial charge >= 0.3 is 0 Å². The molecule has 0 radical (unpaired) electrons. The van der Waals surface area contributed by atoms with Crippen LogP contribution in [0.5, 0.6) is 0 Å². The maximum absolute atomic E-state index is 2.49. The lowest BCUT2D eigenvalue weighted by molar-refractivity contribution is -0.633. The summed E-state index contributed by atoms with van der Waals surface area (Å²) in [4.78, 5) is 0. The monoisotopic (exact) mass is 415 g/mol. The number of aromatic nitrogens is 2. The van der Waals surface area contributed by atoms with E-state index in [1.54, 1.807) is 0 Å². The van der Waals surface area contributed by atoms with Crippen molar-refractivity contribution in [1.82, 2.24) is 4.57 Å². The van der Waals surface area contributed by atoms with Gasteiger partial charge in [0.15, 0.2) is 11.0 Å². The molecule has 0 aliphatic heterocycles. The van der Waals surface area contributed by atoms with Crippen molar-refractivity contribution in [1.29, 1.82) is 0 Å².